The minimum absolute atomic E-state index is 0.0427. The highest BCUT2D eigenvalue weighted by molar-refractivity contribution is 8.18. The predicted molar refractivity (Wildman–Crippen MR) is 162 cm³/mol. The summed E-state index contributed by atoms with van der Waals surface area (Å²) in [6.07, 6.45) is 4.99. The third-order valence-electron chi connectivity index (χ3n) is 7.87. The first-order valence-corrected chi connectivity index (χ1v) is 14.3. The van der Waals surface area contributed by atoms with E-state index >= 15 is 0 Å². The highest BCUT2D eigenvalue weighted by atomic mass is 32.2. The van der Waals surface area contributed by atoms with Crippen molar-refractivity contribution in [3.63, 3.8) is 0 Å². The summed E-state index contributed by atoms with van der Waals surface area (Å²) in [5.41, 5.74) is 7.23. The van der Waals surface area contributed by atoms with Gasteiger partial charge in [-0.3, -0.25) is 9.69 Å². The van der Waals surface area contributed by atoms with Crippen molar-refractivity contribution in [2.24, 2.45) is 4.99 Å². The molecule has 5 rings (SSSR count). The van der Waals surface area contributed by atoms with Gasteiger partial charge in [0.25, 0.3) is 5.91 Å². The lowest BCUT2D eigenvalue weighted by atomic mass is 9.79. The van der Waals surface area contributed by atoms with Gasteiger partial charge in [0, 0.05) is 24.8 Å². The van der Waals surface area contributed by atoms with Crippen LogP contribution < -0.4 is 4.90 Å². The van der Waals surface area contributed by atoms with Gasteiger partial charge in [-0.05, 0) is 110 Å². The molecule has 1 atom stereocenters. The van der Waals surface area contributed by atoms with Crippen LogP contribution in [0, 0.1) is 6.92 Å². The van der Waals surface area contributed by atoms with E-state index in [0.717, 1.165) is 40.6 Å². The Morgan fingerprint density at radius 2 is 1.74 bits per heavy atom. The molecule has 0 N–H and O–H groups in total. The topological polar surface area (TPSA) is 35.9 Å². The van der Waals surface area contributed by atoms with E-state index in [-0.39, 0.29) is 11.4 Å². The molecule has 3 aromatic rings. The SMILES string of the molecule is Cc1cc2c(cc1/C=C1/SC(=Nc3ccccc3)N(CCCc3ccccc3)C1=O)C(C)CC(C)(C)N2C. The van der Waals surface area contributed by atoms with Crippen LogP contribution in [0.1, 0.15) is 61.8 Å². The molecule has 3 aromatic carbocycles. The Balaban J connectivity index is 1.45. The molecule has 4 nitrogen and oxygen atoms in total. The zero-order valence-corrected chi connectivity index (χ0v) is 23.9. The zero-order valence-electron chi connectivity index (χ0n) is 23.1. The molecule has 5 heteroatoms. The second-order valence-corrected chi connectivity index (χ2v) is 12.1. The molecule has 0 saturated carbocycles. The van der Waals surface area contributed by atoms with Crippen LogP contribution >= 0.6 is 11.8 Å². The number of aryl methyl sites for hydroxylation is 2. The van der Waals surface area contributed by atoms with Crippen LogP contribution in [0.15, 0.2) is 82.7 Å². The van der Waals surface area contributed by atoms with E-state index in [0.29, 0.717) is 12.5 Å². The van der Waals surface area contributed by atoms with Crippen LogP contribution in [0.4, 0.5) is 11.4 Å². The lowest BCUT2D eigenvalue weighted by molar-refractivity contribution is -0.122. The normalized spacial score (nSPS) is 20.9. The molecule has 0 aromatic heterocycles. The van der Waals surface area contributed by atoms with E-state index in [9.17, 15) is 4.79 Å². The quantitative estimate of drug-likeness (QED) is 0.308. The fourth-order valence-electron chi connectivity index (χ4n) is 5.52. The summed E-state index contributed by atoms with van der Waals surface area (Å²) in [5.74, 6) is 0.506. The molecule has 196 valence electrons. The third kappa shape index (κ3) is 5.44. The number of rotatable bonds is 6. The van der Waals surface area contributed by atoms with Crippen LogP contribution in [-0.4, -0.2) is 35.1 Å². The molecule has 1 saturated heterocycles. The van der Waals surface area contributed by atoms with Crippen molar-refractivity contribution in [2.75, 3.05) is 18.5 Å². The number of para-hydroxylation sites is 1. The Hall–Kier alpha value is -3.31. The summed E-state index contributed by atoms with van der Waals surface area (Å²) in [7, 11) is 2.19. The standard InChI is InChI=1S/C33H37N3OS/c1-23-19-29-28(24(2)22-33(3,4)35(29)5)20-26(23)21-30-31(37)36(18-12-15-25-13-8-6-9-14-25)32(38-30)34-27-16-10-7-11-17-27/h6-11,13-14,16-17,19-21,24H,12,15,18,22H2,1-5H3/b30-21+,34-32?. The van der Waals surface area contributed by atoms with Gasteiger partial charge < -0.3 is 4.90 Å². The van der Waals surface area contributed by atoms with E-state index in [1.54, 1.807) is 0 Å². The highest BCUT2D eigenvalue weighted by Gasteiger charge is 2.36. The van der Waals surface area contributed by atoms with Gasteiger partial charge in [0.15, 0.2) is 5.17 Å². The lowest BCUT2D eigenvalue weighted by Gasteiger charge is -2.45. The first kappa shape index (κ1) is 26.3. The molecule has 38 heavy (non-hydrogen) atoms. The van der Waals surface area contributed by atoms with Crippen molar-refractivity contribution in [2.45, 2.75) is 58.4 Å². The van der Waals surface area contributed by atoms with Gasteiger partial charge >= 0.3 is 0 Å². The first-order chi connectivity index (χ1) is 18.2. The maximum atomic E-state index is 13.7. The van der Waals surface area contributed by atoms with Gasteiger partial charge in [-0.25, -0.2) is 4.99 Å². The molecule has 0 spiro atoms. The third-order valence-corrected chi connectivity index (χ3v) is 8.87. The Bertz CT molecular complexity index is 1380. The maximum absolute atomic E-state index is 13.7. The van der Waals surface area contributed by atoms with Crippen molar-refractivity contribution in [3.8, 4) is 0 Å². The van der Waals surface area contributed by atoms with Crippen molar-refractivity contribution < 1.29 is 4.79 Å². The number of carbonyl (C=O) groups excluding carboxylic acids is 1. The highest BCUT2D eigenvalue weighted by Crippen LogP contribution is 2.44. The number of carbonyl (C=O) groups is 1. The number of benzene rings is 3. The molecule has 1 fully saturated rings. The summed E-state index contributed by atoms with van der Waals surface area (Å²) in [6, 6.07) is 24.9. The van der Waals surface area contributed by atoms with Crippen molar-refractivity contribution >= 4 is 40.3 Å². The first-order valence-electron chi connectivity index (χ1n) is 13.5. The molecular weight excluding hydrogens is 486 g/mol. The fourth-order valence-corrected chi connectivity index (χ4v) is 6.53. The number of amides is 1. The Morgan fingerprint density at radius 3 is 2.45 bits per heavy atom. The van der Waals surface area contributed by atoms with Crippen molar-refractivity contribution in [1.82, 2.24) is 4.90 Å². The number of anilines is 1. The van der Waals surface area contributed by atoms with Gasteiger partial charge in [0.05, 0.1) is 10.6 Å². The largest absolute Gasteiger partial charge is 0.369 e. The number of aliphatic imine (C=N–C) groups is 1. The molecule has 2 aliphatic heterocycles. The number of hydrogen-bond donors (Lipinski definition) is 0. The van der Waals surface area contributed by atoms with Gasteiger partial charge in [0.1, 0.15) is 0 Å². The molecule has 1 unspecified atom stereocenters. The van der Waals surface area contributed by atoms with Crippen LogP contribution in [-0.2, 0) is 11.2 Å². The number of fused-ring (bicyclic) bond motifs is 1. The number of nitrogens with zero attached hydrogens (tertiary/aromatic N) is 3. The Labute approximate surface area is 231 Å². The molecule has 0 bridgehead atoms. The number of hydrogen-bond acceptors (Lipinski definition) is 4. The van der Waals surface area contributed by atoms with Crippen molar-refractivity contribution in [3.05, 3.63) is 100.0 Å². The summed E-state index contributed by atoms with van der Waals surface area (Å²) >= 11 is 1.49. The molecular formula is C33H37N3OS. The van der Waals surface area contributed by atoms with Crippen LogP contribution in [0.25, 0.3) is 6.08 Å². The van der Waals surface area contributed by atoms with E-state index in [4.69, 9.17) is 4.99 Å². The van der Waals surface area contributed by atoms with E-state index in [1.165, 1.54) is 34.1 Å². The summed E-state index contributed by atoms with van der Waals surface area (Å²) in [4.78, 5) is 23.6. The summed E-state index contributed by atoms with van der Waals surface area (Å²) < 4.78 is 0. The van der Waals surface area contributed by atoms with Crippen LogP contribution in [0.5, 0.6) is 0 Å². The zero-order chi connectivity index (χ0) is 26.9. The molecule has 0 radical (unpaired) electrons. The molecule has 1 amide bonds. The molecule has 0 aliphatic carbocycles. The van der Waals surface area contributed by atoms with Gasteiger partial charge in [-0.15, -0.1) is 0 Å². The smallest absolute Gasteiger partial charge is 0.266 e. The van der Waals surface area contributed by atoms with E-state index in [2.05, 4.69) is 82.1 Å². The molecule has 2 aliphatic rings. The van der Waals surface area contributed by atoms with Crippen molar-refractivity contribution in [1.29, 1.82) is 0 Å². The second kappa shape index (κ2) is 10.8. The fraction of sp³-hybridized carbons (Fsp3) is 0.333. The summed E-state index contributed by atoms with van der Waals surface area (Å²) in [6.45, 7) is 9.72. The minimum atomic E-state index is 0.0427. The maximum Gasteiger partial charge on any atom is 0.266 e. The van der Waals surface area contributed by atoms with E-state index in [1.807, 2.05) is 41.3 Å². The minimum Gasteiger partial charge on any atom is -0.369 e. The van der Waals surface area contributed by atoms with Gasteiger partial charge in [-0.1, -0.05) is 55.5 Å². The average molecular weight is 524 g/mol. The van der Waals surface area contributed by atoms with Crippen LogP contribution in [0.3, 0.4) is 0 Å². The predicted octanol–water partition coefficient (Wildman–Crippen LogP) is 7.95. The summed E-state index contributed by atoms with van der Waals surface area (Å²) in [5, 5.41) is 0.756. The second-order valence-electron chi connectivity index (χ2n) is 11.1. The van der Waals surface area contributed by atoms with E-state index < -0.39 is 0 Å². The Morgan fingerprint density at radius 1 is 1.05 bits per heavy atom. The van der Waals surface area contributed by atoms with Crippen LogP contribution in [0.2, 0.25) is 0 Å². The van der Waals surface area contributed by atoms with Gasteiger partial charge in [-0.2, -0.15) is 0 Å². The van der Waals surface area contributed by atoms with Gasteiger partial charge in [0.2, 0.25) is 0 Å². The average Bonchev–Trinajstić information content (AvgIpc) is 3.18. The number of thioether (sulfide) groups is 1. The Kier molecular flexibility index (Phi) is 7.49. The lowest BCUT2D eigenvalue weighted by Crippen LogP contribution is -2.45. The number of amidine groups is 1. The molecule has 2 heterocycles. The monoisotopic (exact) mass is 523 g/mol.